The minimum atomic E-state index is -0.858. The summed E-state index contributed by atoms with van der Waals surface area (Å²) in [6.07, 6.45) is 2.54. The van der Waals surface area contributed by atoms with E-state index in [-0.39, 0.29) is 31.4 Å². The molecular weight excluding hydrogens is 436 g/mol. The van der Waals surface area contributed by atoms with Crippen LogP contribution in [0.4, 0.5) is 0 Å². The molecule has 0 radical (unpaired) electrons. The Morgan fingerprint density at radius 3 is 2.65 bits per heavy atom. The Kier molecular flexibility index (Phi) is 8.26. The fourth-order valence-corrected chi connectivity index (χ4v) is 4.31. The number of piperazine rings is 1. The van der Waals surface area contributed by atoms with Crippen LogP contribution in [0.2, 0.25) is 5.02 Å². The summed E-state index contributed by atoms with van der Waals surface area (Å²) in [4.78, 5) is 42.5. The topological polar surface area (TPSA) is 66.9 Å². The number of amides is 2. The van der Waals surface area contributed by atoms with Crippen molar-refractivity contribution in [2.75, 3.05) is 26.2 Å². The van der Waals surface area contributed by atoms with E-state index >= 15 is 0 Å². The number of benzene rings is 1. The molecular formula is C23H25ClN2O4S. The Morgan fingerprint density at radius 1 is 1.19 bits per heavy atom. The molecule has 1 saturated heterocycles. The van der Waals surface area contributed by atoms with Gasteiger partial charge in [0.15, 0.2) is 0 Å². The van der Waals surface area contributed by atoms with E-state index < -0.39 is 12.0 Å². The van der Waals surface area contributed by atoms with Crippen molar-refractivity contribution in [2.24, 2.45) is 0 Å². The van der Waals surface area contributed by atoms with Gasteiger partial charge in [0.2, 0.25) is 11.8 Å². The average molecular weight is 461 g/mol. The minimum absolute atomic E-state index is 0.00900. The number of rotatable bonds is 10. The van der Waals surface area contributed by atoms with Crippen molar-refractivity contribution < 1.29 is 19.1 Å². The highest BCUT2D eigenvalue weighted by molar-refractivity contribution is 7.09. The normalized spacial score (nSPS) is 16.5. The monoisotopic (exact) mass is 460 g/mol. The summed E-state index contributed by atoms with van der Waals surface area (Å²) in [5, 5.41) is 2.62. The second-order valence-corrected chi connectivity index (χ2v) is 8.71. The second kappa shape index (κ2) is 11.1. The van der Waals surface area contributed by atoms with Crippen LogP contribution in [0.5, 0.6) is 0 Å². The van der Waals surface area contributed by atoms with E-state index in [9.17, 15) is 14.4 Å². The van der Waals surface area contributed by atoms with E-state index in [4.69, 9.17) is 16.3 Å². The number of carbonyl (C=O) groups is 3. The first-order valence-electron chi connectivity index (χ1n) is 10.1. The van der Waals surface area contributed by atoms with E-state index in [1.54, 1.807) is 23.5 Å². The first kappa shape index (κ1) is 23.0. The van der Waals surface area contributed by atoms with Gasteiger partial charge in [-0.05, 0) is 42.0 Å². The van der Waals surface area contributed by atoms with E-state index in [0.29, 0.717) is 31.0 Å². The third-order valence-corrected chi connectivity index (χ3v) is 6.29. The first-order chi connectivity index (χ1) is 15.0. The van der Waals surface area contributed by atoms with Gasteiger partial charge in [-0.3, -0.25) is 14.4 Å². The lowest BCUT2D eigenvalue weighted by molar-refractivity contribution is -0.160. The van der Waals surface area contributed by atoms with E-state index in [2.05, 4.69) is 6.58 Å². The lowest BCUT2D eigenvalue weighted by atomic mass is 10.0. The van der Waals surface area contributed by atoms with Crippen molar-refractivity contribution in [3.8, 4) is 0 Å². The van der Waals surface area contributed by atoms with Crippen LogP contribution in [0.25, 0.3) is 0 Å². The van der Waals surface area contributed by atoms with Crippen LogP contribution >= 0.6 is 22.9 Å². The zero-order valence-electron chi connectivity index (χ0n) is 17.2. The summed E-state index contributed by atoms with van der Waals surface area (Å²) >= 11 is 7.53. The molecule has 2 amide bonds. The van der Waals surface area contributed by atoms with E-state index in [1.165, 1.54) is 15.9 Å². The molecule has 1 aliphatic heterocycles. The van der Waals surface area contributed by atoms with Crippen LogP contribution in [-0.4, -0.2) is 59.9 Å². The van der Waals surface area contributed by atoms with Gasteiger partial charge in [0, 0.05) is 23.0 Å². The zero-order valence-corrected chi connectivity index (χ0v) is 18.7. The SMILES string of the molecule is C=CCOC(=O)CC1C(=O)N(CCc2ccc(Cl)cc2)CC(=O)N1CCc1cccs1. The maximum Gasteiger partial charge on any atom is 0.308 e. The highest BCUT2D eigenvalue weighted by Gasteiger charge is 2.40. The summed E-state index contributed by atoms with van der Waals surface area (Å²) in [7, 11) is 0. The number of halogens is 1. The van der Waals surface area contributed by atoms with Crippen molar-refractivity contribution in [2.45, 2.75) is 25.3 Å². The highest BCUT2D eigenvalue weighted by Crippen LogP contribution is 2.20. The van der Waals surface area contributed by atoms with Gasteiger partial charge in [0.25, 0.3) is 0 Å². The Bertz CT molecular complexity index is 914. The Balaban J connectivity index is 1.70. The molecule has 2 heterocycles. The molecule has 1 unspecified atom stereocenters. The fraction of sp³-hybridized carbons (Fsp3) is 0.348. The van der Waals surface area contributed by atoms with Gasteiger partial charge in [-0.1, -0.05) is 42.5 Å². The van der Waals surface area contributed by atoms with Gasteiger partial charge in [0.05, 0.1) is 13.0 Å². The van der Waals surface area contributed by atoms with Crippen LogP contribution in [0, 0.1) is 0 Å². The van der Waals surface area contributed by atoms with Gasteiger partial charge in [-0.2, -0.15) is 0 Å². The molecule has 0 aliphatic carbocycles. The maximum atomic E-state index is 13.2. The number of esters is 1. The molecule has 0 saturated carbocycles. The molecule has 0 spiro atoms. The van der Waals surface area contributed by atoms with E-state index in [1.807, 2.05) is 29.6 Å². The summed E-state index contributed by atoms with van der Waals surface area (Å²) in [6, 6.07) is 10.5. The van der Waals surface area contributed by atoms with Crippen molar-refractivity contribution in [1.29, 1.82) is 0 Å². The molecule has 1 aromatic carbocycles. The summed E-state index contributed by atoms with van der Waals surface area (Å²) in [5.74, 6) is -0.907. The lowest BCUT2D eigenvalue weighted by Crippen LogP contribution is -2.61. The highest BCUT2D eigenvalue weighted by atomic mass is 35.5. The zero-order chi connectivity index (χ0) is 22.2. The summed E-state index contributed by atoms with van der Waals surface area (Å²) < 4.78 is 5.08. The predicted molar refractivity (Wildman–Crippen MR) is 121 cm³/mol. The summed E-state index contributed by atoms with van der Waals surface area (Å²) in [6.45, 7) is 4.38. The van der Waals surface area contributed by atoms with E-state index in [0.717, 1.165) is 10.4 Å². The second-order valence-electron chi connectivity index (χ2n) is 7.24. The third kappa shape index (κ3) is 6.42. The lowest BCUT2D eigenvalue weighted by Gasteiger charge is -2.40. The molecule has 8 heteroatoms. The maximum absolute atomic E-state index is 13.2. The Hall–Kier alpha value is -2.64. The number of carbonyl (C=O) groups excluding carboxylic acids is 3. The fourth-order valence-electron chi connectivity index (χ4n) is 3.49. The van der Waals surface area contributed by atoms with Gasteiger partial charge in [-0.15, -0.1) is 11.3 Å². The van der Waals surface area contributed by atoms with Gasteiger partial charge in [-0.25, -0.2) is 0 Å². The molecule has 0 bridgehead atoms. The van der Waals surface area contributed by atoms with Crippen molar-refractivity contribution in [3.05, 3.63) is 69.9 Å². The van der Waals surface area contributed by atoms with Crippen molar-refractivity contribution >= 4 is 40.7 Å². The molecule has 3 rings (SSSR count). The number of hydrogen-bond acceptors (Lipinski definition) is 5. The first-order valence-corrected chi connectivity index (χ1v) is 11.4. The largest absolute Gasteiger partial charge is 0.461 e. The number of ether oxygens (including phenoxy) is 1. The van der Waals surface area contributed by atoms with Crippen LogP contribution in [0.15, 0.2) is 54.4 Å². The van der Waals surface area contributed by atoms with Crippen LogP contribution < -0.4 is 0 Å². The molecule has 1 atom stereocenters. The molecule has 164 valence electrons. The Labute approximate surface area is 191 Å². The molecule has 1 aromatic heterocycles. The van der Waals surface area contributed by atoms with Gasteiger partial charge < -0.3 is 14.5 Å². The van der Waals surface area contributed by atoms with Crippen molar-refractivity contribution in [3.63, 3.8) is 0 Å². The van der Waals surface area contributed by atoms with Gasteiger partial charge in [0.1, 0.15) is 12.6 Å². The molecule has 1 aliphatic rings. The van der Waals surface area contributed by atoms with Crippen LogP contribution in [0.1, 0.15) is 16.9 Å². The van der Waals surface area contributed by atoms with Crippen LogP contribution in [0.3, 0.4) is 0 Å². The average Bonchev–Trinajstić information content (AvgIpc) is 3.28. The molecule has 1 fully saturated rings. The number of nitrogens with zero attached hydrogens (tertiary/aromatic N) is 2. The number of hydrogen-bond donors (Lipinski definition) is 0. The molecule has 31 heavy (non-hydrogen) atoms. The van der Waals surface area contributed by atoms with Gasteiger partial charge >= 0.3 is 5.97 Å². The molecule has 2 aromatic rings. The van der Waals surface area contributed by atoms with Crippen molar-refractivity contribution in [1.82, 2.24) is 9.80 Å². The third-order valence-electron chi connectivity index (χ3n) is 5.10. The predicted octanol–water partition coefficient (Wildman–Crippen LogP) is 3.35. The smallest absolute Gasteiger partial charge is 0.308 e. The molecule has 6 nitrogen and oxygen atoms in total. The standard InChI is InChI=1S/C23H25ClN2O4S/c1-2-13-30-22(28)15-20-23(29)25(11-9-17-5-7-18(24)8-6-17)16-21(27)26(20)12-10-19-4-3-14-31-19/h2-8,14,20H,1,9-13,15-16H2. The molecule has 0 N–H and O–H groups in total. The minimum Gasteiger partial charge on any atom is -0.461 e. The summed E-state index contributed by atoms with van der Waals surface area (Å²) in [5.41, 5.74) is 1.02. The van der Waals surface area contributed by atoms with Crippen LogP contribution in [-0.2, 0) is 32.0 Å². The Morgan fingerprint density at radius 2 is 1.97 bits per heavy atom. The quantitative estimate of drug-likeness (QED) is 0.403. The number of thiophene rings is 1.